The second-order valence-electron chi connectivity index (χ2n) is 5.60. The summed E-state index contributed by atoms with van der Waals surface area (Å²) in [5.74, 6) is 1.12. The predicted octanol–water partition coefficient (Wildman–Crippen LogP) is 3.12. The summed E-state index contributed by atoms with van der Waals surface area (Å²) in [7, 11) is 4.23. The van der Waals surface area contributed by atoms with Crippen LogP contribution in [-0.4, -0.2) is 50.2 Å². The summed E-state index contributed by atoms with van der Waals surface area (Å²) in [5, 5.41) is 3.48. The lowest BCUT2D eigenvalue weighted by Crippen LogP contribution is -2.34. The summed E-state index contributed by atoms with van der Waals surface area (Å²) >= 11 is 3.54. The van der Waals surface area contributed by atoms with Gasteiger partial charge in [0.1, 0.15) is 5.82 Å². The Balaban J connectivity index is 2.88. The first kappa shape index (κ1) is 18.4. The van der Waals surface area contributed by atoms with E-state index in [2.05, 4.69) is 70.0 Å². The van der Waals surface area contributed by atoms with Crippen molar-refractivity contribution in [1.82, 2.24) is 15.2 Å². The van der Waals surface area contributed by atoms with Gasteiger partial charge in [0.05, 0.1) is 0 Å². The van der Waals surface area contributed by atoms with Crippen LogP contribution in [0.25, 0.3) is 0 Å². The molecule has 0 aliphatic heterocycles. The van der Waals surface area contributed by atoms with Crippen molar-refractivity contribution in [3.8, 4) is 0 Å². The first-order valence-electron chi connectivity index (χ1n) is 7.83. The Morgan fingerprint density at radius 1 is 1.14 bits per heavy atom. The number of rotatable bonds is 10. The van der Waals surface area contributed by atoms with Crippen molar-refractivity contribution in [2.75, 3.05) is 45.2 Å². The Kier molecular flexibility index (Phi) is 8.88. The number of nitrogens with one attached hydrogen (secondary N) is 1. The normalized spacial score (nSPS) is 11.1. The van der Waals surface area contributed by atoms with Crippen molar-refractivity contribution in [3.05, 3.63) is 22.3 Å². The van der Waals surface area contributed by atoms with Crippen LogP contribution in [-0.2, 0) is 6.54 Å². The molecule has 0 saturated heterocycles. The highest BCUT2D eigenvalue weighted by Gasteiger charge is 2.13. The molecule has 0 amide bonds. The van der Waals surface area contributed by atoms with Gasteiger partial charge in [-0.15, -0.1) is 0 Å². The molecule has 120 valence electrons. The van der Waals surface area contributed by atoms with Crippen molar-refractivity contribution in [1.29, 1.82) is 0 Å². The maximum Gasteiger partial charge on any atom is 0.133 e. The standard InChI is InChI=1S/C16H29BrN4/c1-5-7-18-12-14-11-15(17)13-19-16(14)21(8-6-2)10-9-20(3)4/h11,13,18H,5-10,12H2,1-4H3. The van der Waals surface area contributed by atoms with E-state index in [4.69, 9.17) is 0 Å². The van der Waals surface area contributed by atoms with Gasteiger partial charge in [-0.25, -0.2) is 4.98 Å². The van der Waals surface area contributed by atoms with Crippen LogP contribution in [0.15, 0.2) is 16.7 Å². The van der Waals surface area contributed by atoms with Gasteiger partial charge < -0.3 is 15.1 Å². The van der Waals surface area contributed by atoms with Crippen LogP contribution >= 0.6 is 15.9 Å². The number of aromatic nitrogens is 1. The maximum atomic E-state index is 4.67. The molecular formula is C16H29BrN4. The fraction of sp³-hybridized carbons (Fsp3) is 0.688. The van der Waals surface area contributed by atoms with Gasteiger partial charge in [-0.1, -0.05) is 13.8 Å². The summed E-state index contributed by atoms with van der Waals surface area (Å²) in [5.41, 5.74) is 1.27. The van der Waals surface area contributed by atoms with Crippen LogP contribution in [0.2, 0.25) is 0 Å². The smallest absolute Gasteiger partial charge is 0.133 e. The third-order valence-electron chi connectivity index (χ3n) is 3.26. The summed E-state index contributed by atoms with van der Waals surface area (Å²) < 4.78 is 1.05. The quantitative estimate of drug-likeness (QED) is 0.652. The molecule has 0 fully saturated rings. The summed E-state index contributed by atoms with van der Waals surface area (Å²) in [4.78, 5) is 9.29. The first-order chi connectivity index (χ1) is 10.1. The second kappa shape index (κ2) is 10.1. The number of anilines is 1. The highest BCUT2D eigenvalue weighted by Crippen LogP contribution is 2.22. The largest absolute Gasteiger partial charge is 0.355 e. The molecule has 0 aliphatic rings. The molecule has 0 saturated carbocycles. The van der Waals surface area contributed by atoms with E-state index >= 15 is 0 Å². The Morgan fingerprint density at radius 3 is 2.52 bits per heavy atom. The molecule has 21 heavy (non-hydrogen) atoms. The zero-order valence-corrected chi connectivity index (χ0v) is 15.4. The van der Waals surface area contributed by atoms with Gasteiger partial charge in [0.2, 0.25) is 0 Å². The van der Waals surface area contributed by atoms with Crippen LogP contribution in [0.5, 0.6) is 0 Å². The van der Waals surface area contributed by atoms with Crippen molar-refractivity contribution in [2.24, 2.45) is 0 Å². The number of likely N-dealkylation sites (N-methyl/N-ethyl adjacent to an activating group) is 1. The molecule has 0 radical (unpaired) electrons. The van der Waals surface area contributed by atoms with Crippen LogP contribution in [0.1, 0.15) is 32.3 Å². The topological polar surface area (TPSA) is 31.4 Å². The second-order valence-corrected chi connectivity index (χ2v) is 6.52. The minimum atomic E-state index is 0.873. The number of nitrogens with zero attached hydrogens (tertiary/aromatic N) is 3. The third-order valence-corrected chi connectivity index (χ3v) is 3.70. The van der Waals surface area contributed by atoms with Gasteiger partial charge in [-0.3, -0.25) is 0 Å². The fourth-order valence-corrected chi connectivity index (χ4v) is 2.58. The average Bonchev–Trinajstić information content (AvgIpc) is 2.44. The molecule has 4 nitrogen and oxygen atoms in total. The zero-order valence-electron chi connectivity index (χ0n) is 13.8. The van der Waals surface area contributed by atoms with Gasteiger partial charge in [0.15, 0.2) is 0 Å². The molecule has 0 atom stereocenters. The van der Waals surface area contributed by atoms with E-state index in [-0.39, 0.29) is 0 Å². The van der Waals surface area contributed by atoms with Crippen molar-refractivity contribution < 1.29 is 0 Å². The minimum Gasteiger partial charge on any atom is -0.355 e. The lowest BCUT2D eigenvalue weighted by atomic mass is 10.2. The number of hydrogen-bond donors (Lipinski definition) is 1. The van der Waals surface area contributed by atoms with E-state index in [1.807, 2.05) is 6.20 Å². The molecule has 1 aromatic rings. The number of halogens is 1. The third kappa shape index (κ3) is 6.76. The monoisotopic (exact) mass is 356 g/mol. The van der Waals surface area contributed by atoms with E-state index in [0.29, 0.717) is 0 Å². The highest BCUT2D eigenvalue weighted by molar-refractivity contribution is 9.10. The molecule has 0 aliphatic carbocycles. The van der Waals surface area contributed by atoms with Gasteiger partial charge in [0.25, 0.3) is 0 Å². The van der Waals surface area contributed by atoms with Gasteiger partial charge >= 0.3 is 0 Å². The molecule has 1 aromatic heterocycles. The summed E-state index contributed by atoms with van der Waals surface area (Å²) in [6.07, 6.45) is 4.18. The minimum absolute atomic E-state index is 0.873. The molecule has 0 unspecified atom stereocenters. The van der Waals surface area contributed by atoms with Crippen LogP contribution in [0, 0.1) is 0 Å². The van der Waals surface area contributed by atoms with Gasteiger partial charge in [-0.05, 0) is 55.5 Å². The van der Waals surface area contributed by atoms with E-state index in [1.54, 1.807) is 0 Å². The fourth-order valence-electron chi connectivity index (χ4n) is 2.20. The Morgan fingerprint density at radius 2 is 1.90 bits per heavy atom. The molecule has 0 bridgehead atoms. The van der Waals surface area contributed by atoms with E-state index in [0.717, 1.165) is 55.9 Å². The molecule has 0 aromatic carbocycles. The first-order valence-corrected chi connectivity index (χ1v) is 8.62. The van der Waals surface area contributed by atoms with Gasteiger partial charge in [0, 0.05) is 42.4 Å². The van der Waals surface area contributed by atoms with Crippen molar-refractivity contribution >= 4 is 21.7 Å². The van der Waals surface area contributed by atoms with E-state index in [9.17, 15) is 0 Å². The lowest BCUT2D eigenvalue weighted by Gasteiger charge is -2.27. The van der Waals surface area contributed by atoms with E-state index in [1.165, 1.54) is 5.56 Å². The SMILES string of the molecule is CCCNCc1cc(Br)cnc1N(CCC)CCN(C)C. The molecular weight excluding hydrogens is 328 g/mol. The van der Waals surface area contributed by atoms with Crippen molar-refractivity contribution in [3.63, 3.8) is 0 Å². The Labute approximate surface area is 138 Å². The van der Waals surface area contributed by atoms with Crippen LogP contribution in [0.4, 0.5) is 5.82 Å². The molecule has 1 heterocycles. The summed E-state index contributed by atoms with van der Waals surface area (Å²) in [6.45, 7) is 9.42. The number of hydrogen-bond acceptors (Lipinski definition) is 4. The molecule has 1 rings (SSSR count). The lowest BCUT2D eigenvalue weighted by molar-refractivity contribution is 0.412. The molecule has 1 N–H and O–H groups in total. The van der Waals surface area contributed by atoms with E-state index < -0.39 is 0 Å². The predicted molar refractivity (Wildman–Crippen MR) is 95.0 cm³/mol. The number of pyridine rings is 1. The van der Waals surface area contributed by atoms with Gasteiger partial charge in [-0.2, -0.15) is 0 Å². The highest BCUT2D eigenvalue weighted by atomic mass is 79.9. The molecule has 0 spiro atoms. The Hall–Kier alpha value is -0.650. The van der Waals surface area contributed by atoms with Crippen molar-refractivity contribution in [2.45, 2.75) is 33.2 Å². The zero-order chi connectivity index (χ0) is 15.7. The summed E-state index contributed by atoms with van der Waals surface area (Å²) in [6, 6.07) is 2.18. The van der Waals surface area contributed by atoms with Crippen LogP contribution < -0.4 is 10.2 Å². The van der Waals surface area contributed by atoms with Crippen LogP contribution in [0.3, 0.4) is 0 Å². The average molecular weight is 357 g/mol. The molecule has 5 heteroatoms. The maximum absolute atomic E-state index is 4.67. The Bertz CT molecular complexity index is 409.